The average Bonchev–Trinajstić information content (AvgIpc) is 2.82. The van der Waals surface area contributed by atoms with Crippen molar-refractivity contribution in [1.29, 1.82) is 0 Å². The Hall–Kier alpha value is -1.87. The van der Waals surface area contributed by atoms with E-state index in [1.807, 2.05) is 24.3 Å². The first-order chi connectivity index (χ1) is 8.77. The number of halogens is 1. The minimum absolute atomic E-state index is 0.0121. The van der Waals surface area contributed by atoms with Crippen molar-refractivity contribution in [2.24, 2.45) is 5.73 Å². The molecule has 0 aliphatic carbocycles. The van der Waals surface area contributed by atoms with Crippen LogP contribution in [0.2, 0.25) is 0 Å². The van der Waals surface area contributed by atoms with Crippen LogP contribution in [-0.4, -0.2) is 6.61 Å². The van der Waals surface area contributed by atoms with Crippen LogP contribution >= 0.6 is 0 Å². The molecule has 0 aromatic heterocycles. The first kappa shape index (κ1) is 11.2. The standard InChI is InChI=1S/C15H14FNO/c16-13-7-3-1-6-11(13)15(17)12-9-18-14-8-4-2-5-10(12)14/h1-8,12,15H,9,17H2. The van der Waals surface area contributed by atoms with E-state index in [1.165, 1.54) is 6.07 Å². The molecule has 2 nitrogen and oxygen atoms in total. The summed E-state index contributed by atoms with van der Waals surface area (Å²) in [6.45, 7) is 0.509. The molecule has 2 aromatic rings. The number of nitrogens with two attached hydrogens (primary N) is 1. The molecule has 92 valence electrons. The first-order valence-electron chi connectivity index (χ1n) is 5.99. The molecular weight excluding hydrogens is 229 g/mol. The lowest BCUT2D eigenvalue weighted by molar-refractivity contribution is 0.313. The summed E-state index contributed by atoms with van der Waals surface area (Å²) in [5, 5.41) is 0. The van der Waals surface area contributed by atoms with Crippen LogP contribution in [0.4, 0.5) is 4.39 Å². The summed E-state index contributed by atoms with van der Waals surface area (Å²) in [6.07, 6.45) is 0. The fraction of sp³-hybridized carbons (Fsp3) is 0.200. The maximum Gasteiger partial charge on any atom is 0.127 e. The molecule has 2 aromatic carbocycles. The highest BCUT2D eigenvalue weighted by Crippen LogP contribution is 2.40. The van der Waals surface area contributed by atoms with Crippen LogP contribution in [0.25, 0.3) is 0 Å². The highest BCUT2D eigenvalue weighted by molar-refractivity contribution is 5.42. The van der Waals surface area contributed by atoms with Crippen molar-refractivity contribution in [2.75, 3.05) is 6.61 Å². The number of para-hydroxylation sites is 1. The van der Waals surface area contributed by atoms with Crippen molar-refractivity contribution >= 4 is 0 Å². The van der Waals surface area contributed by atoms with Crippen molar-refractivity contribution in [3.8, 4) is 5.75 Å². The minimum Gasteiger partial charge on any atom is -0.493 e. The summed E-state index contributed by atoms with van der Waals surface area (Å²) < 4.78 is 19.3. The molecule has 3 rings (SSSR count). The second kappa shape index (κ2) is 4.42. The Balaban J connectivity index is 1.96. The van der Waals surface area contributed by atoms with E-state index in [-0.39, 0.29) is 17.8 Å². The van der Waals surface area contributed by atoms with Crippen molar-refractivity contribution in [3.05, 3.63) is 65.5 Å². The Morgan fingerprint density at radius 3 is 2.67 bits per heavy atom. The van der Waals surface area contributed by atoms with Crippen LogP contribution in [-0.2, 0) is 0 Å². The van der Waals surface area contributed by atoms with E-state index in [1.54, 1.807) is 18.2 Å². The molecule has 0 saturated heterocycles. The third kappa shape index (κ3) is 1.77. The van der Waals surface area contributed by atoms with Gasteiger partial charge in [-0.2, -0.15) is 0 Å². The van der Waals surface area contributed by atoms with Gasteiger partial charge in [-0.25, -0.2) is 4.39 Å². The molecule has 0 bridgehead atoms. The topological polar surface area (TPSA) is 35.2 Å². The normalized spacial score (nSPS) is 19.1. The summed E-state index contributed by atoms with van der Waals surface area (Å²) in [7, 11) is 0. The van der Waals surface area contributed by atoms with E-state index < -0.39 is 0 Å². The molecule has 0 spiro atoms. The van der Waals surface area contributed by atoms with Crippen LogP contribution in [0.15, 0.2) is 48.5 Å². The Labute approximate surface area is 105 Å². The maximum atomic E-state index is 13.7. The summed E-state index contributed by atoms with van der Waals surface area (Å²) in [6, 6.07) is 14.1. The van der Waals surface area contributed by atoms with E-state index in [9.17, 15) is 4.39 Å². The first-order valence-corrected chi connectivity index (χ1v) is 5.99. The molecule has 1 aliphatic heterocycles. The number of benzene rings is 2. The third-order valence-electron chi connectivity index (χ3n) is 3.43. The van der Waals surface area contributed by atoms with Gasteiger partial charge in [-0.15, -0.1) is 0 Å². The van der Waals surface area contributed by atoms with Crippen molar-refractivity contribution in [3.63, 3.8) is 0 Å². The zero-order valence-corrected chi connectivity index (χ0v) is 9.84. The lowest BCUT2D eigenvalue weighted by Crippen LogP contribution is -2.22. The molecule has 0 amide bonds. The number of hydrogen-bond donors (Lipinski definition) is 1. The third-order valence-corrected chi connectivity index (χ3v) is 3.43. The molecule has 1 heterocycles. The molecule has 2 unspecified atom stereocenters. The van der Waals surface area contributed by atoms with Gasteiger partial charge < -0.3 is 10.5 Å². The van der Waals surface area contributed by atoms with E-state index in [0.29, 0.717) is 12.2 Å². The second-order valence-electron chi connectivity index (χ2n) is 4.50. The fourth-order valence-corrected chi connectivity index (χ4v) is 2.45. The van der Waals surface area contributed by atoms with Gasteiger partial charge >= 0.3 is 0 Å². The Morgan fingerprint density at radius 2 is 1.83 bits per heavy atom. The number of rotatable bonds is 2. The highest BCUT2D eigenvalue weighted by atomic mass is 19.1. The summed E-state index contributed by atoms with van der Waals surface area (Å²) in [4.78, 5) is 0. The Kier molecular flexibility index (Phi) is 2.76. The lowest BCUT2D eigenvalue weighted by Gasteiger charge is -2.19. The van der Waals surface area contributed by atoms with Crippen LogP contribution in [0.3, 0.4) is 0 Å². The fourth-order valence-electron chi connectivity index (χ4n) is 2.45. The molecule has 18 heavy (non-hydrogen) atoms. The van der Waals surface area contributed by atoms with Gasteiger partial charge in [0.25, 0.3) is 0 Å². The van der Waals surface area contributed by atoms with Gasteiger partial charge in [0.1, 0.15) is 11.6 Å². The Bertz CT molecular complexity index is 570. The van der Waals surface area contributed by atoms with Crippen molar-refractivity contribution in [2.45, 2.75) is 12.0 Å². The molecular formula is C15H14FNO. The van der Waals surface area contributed by atoms with Crippen LogP contribution in [0, 0.1) is 5.82 Å². The molecule has 0 saturated carbocycles. The van der Waals surface area contributed by atoms with Crippen molar-refractivity contribution in [1.82, 2.24) is 0 Å². The maximum absolute atomic E-state index is 13.7. The number of hydrogen-bond acceptors (Lipinski definition) is 2. The molecule has 0 fully saturated rings. The lowest BCUT2D eigenvalue weighted by atomic mass is 9.89. The zero-order valence-electron chi connectivity index (χ0n) is 9.84. The van der Waals surface area contributed by atoms with Gasteiger partial charge in [-0.3, -0.25) is 0 Å². The summed E-state index contributed by atoms with van der Waals surface area (Å²) >= 11 is 0. The molecule has 1 aliphatic rings. The van der Waals surface area contributed by atoms with E-state index >= 15 is 0 Å². The summed E-state index contributed by atoms with van der Waals surface area (Å²) in [5.41, 5.74) is 7.80. The quantitative estimate of drug-likeness (QED) is 0.880. The number of ether oxygens (including phenoxy) is 1. The van der Waals surface area contributed by atoms with Crippen LogP contribution < -0.4 is 10.5 Å². The Morgan fingerprint density at radius 1 is 1.11 bits per heavy atom. The van der Waals surface area contributed by atoms with Gasteiger partial charge in [-0.05, 0) is 12.1 Å². The van der Waals surface area contributed by atoms with E-state index in [2.05, 4.69) is 0 Å². The summed E-state index contributed by atoms with van der Waals surface area (Å²) in [5.74, 6) is 0.613. The van der Waals surface area contributed by atoms with Gasteiger partial charge in [0.15, 0.2) is 0 Å². The predicted octanol–water partition coefficient (Wildman–Crippen LogP) is 3.00. The molecule has 2 N–H and O–H groups in total. The van der Waals surface area contributed by atoms with Gasteiger partial charge in [0.05, 0.1) is 6.61 Å². The number of fused-ring (bicyclic) bond motifs is 1. The van der Waals surface area contributed by atoms with Gasteiger partial charge in [-0.1, -0.05) is 36.4 Å². The predicted molar refractivity (Wildman–Crippen MR) is 68.0 cm³/mol. The van der Waals surface area contributed by atoms with E-state index in [0.717, 1.165) is 11.3 Å². The van der Waals surface area contributed by atoms with E-state index in [4.69, 9.17) is 10.5 Å². The highest BCUT2D eigenvalue weighted by Gasteiger charge is 2.30. The largest absolute Gasteiger partial charge is 0.493 e. The zero-order chi connectivity index (χ0) is 12.5. The SMILES string of the molecule is NC(c1ccccc1F)C1COc2ccccc21. The smallest absolute Gasteiger partial charge is 0.127 e. The molecule has 0 radical (unpaired) electrons. The average molecular weight is 243 g/mol. The minimum atomic E-state index is -0.380. The monoisotopic (exact) mass is 243 g/mol. The van der Waals surface area contributed by atoms with Crippen LogP contribution in [0.5, 0.6) is 5.75 Å². The second-order valence-corrected chi connectivity index (χ2v) is 4.50. The van der Waals surface area contributed by atoms with Crippen LogP contribution in [0.1, 0.15) is 23.1 Å². The molecule has 3 heteroatoms. The molecule has 2 atom stereocenters. The van der Waals surface area contributed by atoms with Gasteiger partial charge in [0, 0.05) is 23.1 Å². The van der Waals surface area contributed by atoms with Crippen molar-refractivity contribution < 1.29 is 9.13 Å². The van der Waals surface area contributed by atoms with Gasteiger partial charge in [0.2, 0.25) is 0 Å².